The SMILES string of the molecule is Cc1ccccc1Cn1cc(NC(=O)c2cc(COc3ccc(Cl)cc3)cs2)cn1. The summed E-state index contributed by atoms with van der Waals surface area (Å²) in [6.07, 6.45) is 3.50. The summed E-state index contributed by atoms with van der Waals surface area (Å²) in [4.78, 5) is 13.2. The molecule has 0 saturated carbocycles. The number of ether oxygens (including phenoxy) is 1. The lowest BCUT2D eigenvalue weighted by Gasteiger charge is -2.05. The summed E-state index contributed by atoms with van der Waals surface area (Å²) in [5, 5.41) is 9.84. The number of anilines is 1. The smallest absolute Gasteiger partial charge is 0.265 e. The van der Waals surface area contributed by atoms with Crippen molar-refractivity contribution >= 4 is 34.5 Å². The maximum Gasteiger partial charge on any atom is 0.265 e. The van der Waals surface area contributed by atoms with E-state index in [1.165, 1.54) is 22.5 Å². The number of nitrogens with zero attached hydrogens (tertiary/aromatic N) is 2. The third kappa shape index (κ3) is 5.09. The van der Waals surface area contributed by atoms with Gasteiger partial charge < -0.3 is 10.1 Å². The van der Waals surface area contributed by atoms with E-state index >= 15 is 0 Å². The summed E-state index contributed by atoms with van der Waals surface area (Å²) in [5.41, 5.74) is 4.02. The third-order valence-electron chi connectivity index (χ3n) is 4.58. The highest BCUT2D eigenvalue weighted by Crippen LogP contribution is 2.21. The van der Waals surface area contributed by atoms with Gasteiger partial charge in [-0.05, 0) is 53.8 Å². The molecule has 30 heavy (non-hydrogen) atoms. The summed E-state index contributed by atoms with van der Waals surface area (Å²) >= 11 is 7.26. The first-order chi connectivity index (χ1) is 14.6. The highest BCUT2D eigenvalue weighted by Gasteiger charge is 2.11. The normalized spacial score (nSPS) is 10.7. The van der Waals surface area contributed by atoms with Crippen LogP contribution in [0.3, 0.4) is 0 Å². The molecule has 0 unspecified atom stereocenters. The van der Waals surface area contributed by atoms with E-state index in [1.54, 1.807) is 18.3 Å². The molecule has 0 atom stereocenters. The molecule has 4 aromatic rings. The highest BCUT2D eigenvalue weighted by molar-refractivity contribution is 7.12. The summed E-state index contributed by atoms with van der Waals surface area (Å²) < 4.78 is 7.55. The Bertz CT molecular complexity index is 1150. The Morgan fingerprint density at radius 3 is 2.80 bits per heavy atom. The fourth-order valence-corrected chi connectivity index (χ4v) is 3.86. The highest BCUT2D eigenvalue weighted by atomic mass is 35.5. The number of nitrogens with one attached hydrogen (secondary N) is 1. The van der Waals surface area contributed by atoms with Gasteiger partial charge in [0.05, 0.1) is 23.3 Å². The van der Waals surface area contributed by atoms with Crippen molar-refractivity contribution in [3.05, 3.63) is 99.0 Å². The van der Waals surface area contributed by atoms with Crippen LogP contribution in [0, 0.1) is 6.92 Å². The number of carbonyl (C=O) groups excluding carboxylic acids is 1. The number of aromatic nitrogens is 2. The van der Waals surface area contributed by atoms with Gasteiger partial charge in [-0.1, -0.05) is 35.9 Å². The zero-order chi connectivity index (χ0) is 20.9. The number of rotatable bonds is 7. The van der Waals surface area contributed by atoms with Gasteiger partial charge in [0.1, 0.15) is 12.4 Å². The summed E-state index contributed by atoms with van der Waals surface area (Å²) in [6.45, 7) is 3.13. The number of carbonyl (C=O) groups is 1. The molecule has 0 saturated heterocycles. The van der Waals surface area contributed by atoms with Gasteiger partial charge in [-0.2, -0.15) is 5.10 Å². The van der Waals surface area contributed by atoms with E-state index in [-0.39, 0.29) is 5.91 Å². The molecule has 5 nitrogen and oxygen atoms in total. The van der Waals surface area contributed by atoms with Crippen LogP contribution in [-0.2, 0) is 13.2 Å². The van der Waals surface area contributed by atoms with E-state index < -0.39 is 0 Å². The quantitative estimate of drug-likeness (QED) is 0.398. The van der Waals surface area contributed by atoms with E-state index in [9.17, 15) is 4.79 Å². The molecule has 2 heterocycles. The molecule has 2 aromatic carbocycles. The number of halogens is 1. The monoisotopic (exact) mass is 437 g/mol. The van der Waals surface area contributed by atoms with E-state index in [0.29, 0.717) is 28.7 Å². The van der Waals surface area contributed by atoms with Crippen molar-refractivity contribution in [1.29, 1.82) is 0 Å². The molecule has 4 rings (SSSR count). The maximum atomic E-state index is 12.6. The first-order valence-electron chi connectivity index (χ1n) is 9.41. The van der Waals surface area contributed by atoms with E-state index in [0.717, 1.165) is 11.3 Å². The molecule has 1 N–H and O–H groups in total. The van der Waals surface area contributed by atoms with Crippen LogP contribution < -0.4 is 10.1 Å². The lowest BCUT2D eigenvalue weighted by molar-refractivity contribution is 0.103. The first kappa shape index (κ1) is 20.2. The predicted octanol–water partition coefficient (Wildman–Crippen LogP) is 5.79. The number of benzene rings is 2. The van der Waals surface area contributed by atoms with Gasteiger partial charge >= 0.3 is 0 Å². The minimum Gasteiger partial charge on any atom is -0.489 e. The van der Waals surface area contributed by atoms with Crippen LogP contribution >= 0.6 is 22.9 Å². The van der Waals surface area contributed by atoms with Crippen LogP contribution in [-0.4, -0.2) is 15.7 Å². The standard InChI is InChI=1S/C23H20ClN3O2S/c1-16-4-2-3-5-18(16)12-27-13-20(11-25-27)26-23(28)22-10-17(15-30-22)14-29-21-8-6-19(24)7-9-21/h2-11,13,15H,12,14H2,1H3,(H,26,28). The van der Waals surface area contributed by atoms with Gasteiger partial charge in [0.2, 0.25) is 0 Å². The number of hydrogen-bond donors (Lipinski definition) is 1. The predicted molar refractivity (Wildman–Crippen MR) is 121 cm³/mol. The molecular weight excluding hydrogens is 418 g/mol. The fraction of sp³-hybridized carbons (Fsp3) is 0.130. The number of thiophene rings is 1. The zero-order valence-corrected chi connectivity index (χ0v) is 17.9. The van der Waals surface area contributed by atoms with E-state index in [4.69, 9.17) is 16.3 Å². The fourth-order valence-electron chi connectivity index (χ4n) is 2.94. The Balaban J connectivity index is 1.34. The Morgan fingerprint density at radius 1 is 1.20 bits per heavy atom. The maximum absolute atomic E-state index is 12.6. The molecule has 7 heteroatoms. The molecule has 0 bridgehead atoms. The number of amides is 1. The van der Waals surface area contributed by atoms with Gasteiger partial charge in [-0.15, -0.1) is 11.3 Å². The third-order valence-corrected chi connectivity index (χ3v) is 5.81. The molecule has 2 aromatic heterocycles. The van der Waals surface area contributed by atoms with E-state index in [2.05, 4.69) is 29.5 Å². The average Bonchev–Trinajstić information content (AvgIpc) is 3.39. The zero-order valence-electron chi connectivity index (χ0n) is 16.3. The van der Waals surface area contributed by atoms with Crippen molar-refractivity contribution in [2.75, 3.05) is 5.32 Å². The van der Waals surface area contributed by atoms with Gasteiger partial charge in [0.25, 0.3) is 5.91 Å². The Hall–Kier alpha value is -3.09. The van der Waals surface area contributed by atoms with Gasteiger partial charge in [0, 0.05) is 16.8 Å². The molecule has 0 radical (unpaired) electrons. The molecule has 0 aliphatic heterocycles. The molecular formula is C23H20ClN3O2S. The Morgan fingerprint density at radius 2 is 2.00 bits per heavy atom. The summed E-state index contributed by atoms with van der Waals surface area (Å²) in [5.74, 6) is 0.575. The lowest BCUT2D eigenvalue weighted by Crippen LogP contribution is -2.09. The average molecular weight is 438 g/mol. The minimum atomic E-state index is -0.159. The molecule has 0 aliphatic rings. The topological polar surface area (TPSA) is 56.2 Å². The van der Waals surface area contributed by atoms with Crippen LogP contribution in [0.1, 0.15) is 26.4 Å². The van der Waals surface area contributed by atoms with Crippen molar-refractivity contribution < 1.29 is 9.53 Å². The lowest BCUT2D eigenvalue weighted by atomic mass is 10.1. The van der Waals surface area contributed by atoms with E-state index in [1.807, 2.05) is 46.6 Å². The van der Waals surface area contributed by atoms with Gasteiger partial charge in [-0.3, -0.25) is 9.48 Å². The van der Waals surface area contributed by atoms with Gasteiger partial charge in [-0.25, -0.2) is 0 Å². The van der Waals surface area contributed by atoms with Crippen molar-refractivity contribution in [3.8, 4) is 5.75 Å². The summed E-state index contributed by atoms with van der Waals surface area (Å²) in [7, 11) is 0. The van der Waals surface area contributed by atoms with Crippen LogP contribution in [0.4, 0.5) is 5.69 Å². The van der Waals surface area contributed by atoms with Gasteiger partial charge in [0.15, 0.2) is 0 Å². The Kier molecular flexibility index (Phi) is 6.16. The van der Waals surface area contributed by atoms with Crippen molar-refractivity contribution in [2.24, 2.45) is 0 Å². The molecule has 0 spiro atoms. The number of aryl methyl sites for hydroxylation is 1. The first-order valence-corrected chi connectivity index (χ1v) is 10.7. The van der Waals surface area contributed by atoms with Crippen LogP contribution in [0.15, 0.2) is 72.4 Å². The molecule has 152 valence electrons. The van der Waals surface area contributed by atoms with Crippen LogP contribution in [0.2, 0.25) is 5.02 Å². The molecule has 0 aliphatic carbocycles. The Labute approximate surface area is 183 Å². The second-order valence-corrected chi connectivity index (χ2v) is 8.22. The summed E-state index contributed by atoms with van der Waals surface area (Å²) in [6, 6.07) is 17.2. The van der Waals surface area contributed by atoms with Crippen molar-refractivity contribution in [2.45, 2.75) is 20.1 Å². The second kappa shape index (κ2) is 9.15. The minimum absolute atomic E-state index is 0.159. The van der Waals surface area contributed by atoms with Crippen molar-refractivity contribution in [3.63, 3.8) is 0 Å². The van der Waals surface area contributed by atoms with Crippen LogP contribution in [0.5, 0.6) is 5.75 Å². The largest absolute Gasteiger partial charge is 0.489 e. The molecule has 0 fully saturated rings. The second-order valence-electron chi connectivity index (χ2n) is 6.87. The number of hydrogen-bond acceptors (Lipinski definition) is 4. The van der Waals surface area contributed by atoms with Crippen molar-refractivity contribution in [1.82, 2.24) is 9.78 Å². The molecule has 1 amide bonds. The van der Waals surface area contributed by atoms with Crippen LogP contribution in [0.25, 0.3) is 0 Å².